The summed E-state index contributed by atoms with van der Waals surface area (Å²) in [7, 11) is 1.29. The number of hydrogen-bond donors (Lipinski definition) is 0. The molecule has 34 heavy (non-hydrogen) atoms. The molecule has 3 aromatic rings. The van der Waals surface area contributed by atoms with E-state index in [9.17, 15) is 28.0 Å². The summed E-state index contributed by atoms with van der Waals surface area (Å²) >= 11 is 0. The zero-order valence-corrected chi connectivity index (χ0v) is 18.3. The van der Waals surface area contributed by atoms with Crippen LogP contribution in [0.5, 0.6) is 5.75 Å². The van der Waals surface area contributed by atoms with E-state index in [-0.39, 0.29) is 31.2 Å². The number of rotatable bonds is 8. The lowest BCUT2D eigenvalue weighted by molar-refractivity contribution is -0.141. The molecular formula is C25H21F3N2O4. The van der Waals surface area contributed by atoms with Crippen LogP contribution in [-0.2, 0) is 22.3 Å². The molecule has 0 fully saturated rings. The fraction of sp³-hybridized carbons (Fsp3) is 0.240. The van der Waals surface area contributed by atoms with Gasteiger partial charge in [-0.1, -0.05) is 42.5 Å². The molecule has 0 aliphatic rings. The molecule has 2 aromatic carbocycles. The fourth-order valence-electron chi connectivity index (χ4n) is 3.39. The number of methoxy groups -OCH3 is 1. The number of ether oxygens (including phenoxy) is 2. The number of esters is 1. The first-order valence-electron chi connectivity index (χ1n) is 10.3. The van der Waals surface area contributed by atoms with E-state index in [1.165, 1.54) is 19.2 Å². The number of carbonyl (C=O) groups excluding carboxylic acids is 1. The van der Waals surface area contributed by atoms with Crippen molar-refractivity contribution in [2.75, 3.05) is 13.7 Å². The first kappa shape index (κ1) is 24.6. The maximum atomic E-state index is 13.7. The van der Waals surface area contributed by atoms with Gasteiger partial charge in [0, 0.05) is 12.0 Å². The molecule has 6 nitrogen and oxygen atoms in total. The van der Waals surface area contributed by atoms with Gasteiger partial charge in [0.15, 0.2) is 0 Å². The van der Waals surface area contributed by atoms with E-state index in [1.807, 2.05) is 0 Å². The Morgan fingerprint density at radius 3 is 2.47 bits per heavy atom. The normalized spacial score (nSPS) is 11.0. The molecule has 0 bridgehead atoms. The minimum absolute atomic E-state index is 0.000175. The Bertz CT molecular complexity index is 1260. The maximum absolute atomic E-state index is 13.7. The van der Waals surface area contributed by atoms with Gasteiger partial charge in [0.2, 0.25) is 0 Å². The molecule has 176 valence electrons. The number of alkyl halides is 3. The minimum Gasteiger partial charge on any atom is -0.494 e. The van der Waals surface area contributed by atoms with Crippen LogP contribution in [0.2, 0.25) is 0 Å². The van der Waals surface area contributed by atoms with Gasteiger partial charge < -0.3 is 14.0 Å². The Morgan fingerprint density at radius 2 is 1.82 bits per heavy atom. The van der Waals surface area contributed by atoms with E-state index in [0.29, 0.717) is 23.3 Å². The molecule has 0 unspecified atom stereocenters. The lowest BCUT2D eigenvalue weighted by Gasteiger charge is -2.18. The second-order valence-electron chi connectivity index (χ2n) is 7.36. The van der Waals surface area contributed by atoms with Crippen LogP contribution in [0.4, 0.5) is 13.2 Å². The van der Waals surface area contributed by atoms with Crippen LogP contribution in [-0.4, -0.2) is 24.3 Å². The predicted octanol–water partition coefficient (Wildman–Crippen LogP) is 4.79. The third kappa shape index (κ3) is 5.84. The highest BCUT2D eigenvalue weighted by molar-refractivity contribution is 5.69. The quantitative estimate of drug-likeness (QED) is 0.349. The predicted molar refractivity (Wildman–Crippen MR) is 118 cm³/mol. The fourth-order valence-corrected chi connectivity index (χ4v) is 3.39. The van der Waals surface area contributed by atoms with Crippen molar-refractivity contribution in [3.05, 3.63) is 87.7 Å². The third-order valence-corrected chi connectivity index (χ3v) is 5.05. The Hall–Kier alpha value is -4.06. The monoisotopic (exact) mass is 470 g/mol. The molecule has 1 heterocycles. The molecule has 3 rings (SSSR count). The maximum Gasteiger partial charge on any atom is 0.417 e. The van der Waals surface area contributed by atoms with E-state index in [2.05, 4.69) is 4.74 Å². The standard InChI is InChI=1S/C25H21F3N2O4/c1-33-23(31)11-6-12-34-19-10-5-9-18(13-19)22-14-21(25(26,27)28)20(15-29)24(32)30(22)16-17-7-3-2-4-8-17/h2-5,7-10,13-14H,6,11-12,16H2,1H3. The van der Waals surface area contributed by atoms with Gasteiger partial charge in [-0.3, -0.25) is 9.59 Å². The molecule has 0 saturated heterocycles. The Labute approximate surface area is 193 Å². The number of pyridine rings is 1. The van der Waals surface area contributed by atoms with E-state index < -0.39 is 22.9 Å². The second-order valence-corrected chi connectivity index (χ2v) is 7.36. The SMILES string of the molecule is COC(=O)CCCOc1cccc(-c2cc(C(F)(F)F)c(C#N)c(=O)n2Cc2ccccc2)c1. The van der Waals surface area contributed by atoms with Crippen LogP contribution in [0.15, 0.2) is 65.5 Å². The molecule has 9 heteroatoms. The van der Waals surface area contributed by atoms with Crippen molar-refractivity contribution in [3.63, 3.8) is 0 Å². The van der Waals surface area contributed by atoms with Crippen LogP contribution in [0, 0.1) is 11.3 Å². The Balaban J connectivity index is 2.05. The molecule has 0 aliphatic heterocycles. The molecule has 1 aromatic heterocycles. The molecule has 0 amide bonds. The Kier molecular flexibility index (Phi) is 7.74. The van der Waals surface area contributed by atoms with Crippen LogP contribution in [0.3, 0.4) is 0 Å². The number of carbonyl (C=O) groups is 1. The van der Waals surface area contributed by atoms with Crippen LogP contribution < -0.4 is 10.3 Å². The Morgan fingerprint density at radius 1 is 1.09 bits per heavy atom. The van der Waals surface area contributed by atoms with Gasteiger partial charge in [-0.25, -0.2) is 0 Å². The number of nitriles is 1. The number of halogens is 3. The van der Waals surface area contributed by atoms with Gasteiger partial charge in [0.1, 0.15) is 17.4 Å². The average Bonchev–Trinajstić information content (AvgIpc) is 2.82. The van der Waals surface area contributed by atoms with Crippen molar-refractivity contribution in [1.29, 1.82) is 5.26 Å². The first-order chi connectivity index (χ1) is 16.2. The average molecular weight is 470 g/mol. The van der Waals surface area contributed by atoms with Gasteiger partial charge >= 0.3 is 12.1 Å². The number of hydrogen-bond acceptors (Lipinski definition) is 5. The summed E-state index contributed by atoms with van der Waals surface area (Å²) in [4.78, 5) is 24.2. The van der Waals surface area contributed by atoms with Gasteiger partial charge in [-0.2, -0.15) is 18.4 Å². The lowest BCUT2D eigenvalue weighted by atomic mass is 10.0. The minimum atomic E-state index is -4.88. The van der Waals surface area contributed by atoms with Gasteiger partial charge in [-0.05, 0) is 30.2 Å². The largest absolute Gasteiger partial charge is 0.494 e. The molecule has 0 spiro atoms. The molecule has 0 aliphatic carbocycles. The zero-order chi connectivity index (χ0) is 24.7. The van der Waals surface area contributed by atoms with Crippen molar-refractivity contribution in [2.45, 2.75) is 25.6 Å². The summed E-state index contributed by atoms with van der Waals surface area (Å²) in [5, 5.41) is 9.32. The molecule has 0 N–H and O–H groups in total. The van der Waals surface area contributed by atoms with E-state index >= 15 is 0 Å². The lowest BCUT2D eigenvalue weighted by Crippen LogP contribution is -2.28. The van der Waals surface area contributed by atoms with Crippen molar-refractivity contribution >= 4 is 5.97 Å². The molecular weight excluding hydrogens is 449 g/mol. The van der Waals surface area contributed by atoms with Gasteiger partial charge in [-0.15, -0.1) is 0 Å². The topological polar surface area (TPSA) is 81.3 Å². The van der Waals surface area contributed by atoms with E-state index in [0.717, 1.165) is 10.6 Å². The van der Waals surface area contributed by atoms with E-state index in [1.54, 1.807) is 48.5 Å². The highest BCUT2D eigenvalue weighted by Gasteiger charge is 2.36. The third-order valence-electron chi connectivity index (χ3n) is 5.05. The summed E-state index contributed by atoms with van der Waals surface area (Å²) in [5.41, 5.74) is -2.27. The summed E-state index contributed by atoms with van der Waals surface area (Å²) in [6.45, 7) is 0.169. The van der Waals surface area contributed by atoms with Gasteiger partial charge in [0.05, 0.1) is 31.5 Å². The molecule has 0 radical (unpaired) electrons. The zero-order valence-electron chi connectivity index (χ0n) is 18.3. The highest BCUT2D eigenvalue weighted by atomic mass is 19.4. The number of nitrogens with zero attached hydrogens (tertiary/aromatic N) is 2. The first-order valence-corrected chi connectivity index (χ1v) is 10.3. The van der Waals surface area contributed by atoms with Crippen molar-refractivity contribution in [3.8, 4) is 23.1 Å². The molecule has 0 atom stereocenters. The van der Waals surface area contributed by atoms with Crippen LogP contribution >= 0.6 is 0 Å². The number of aromatic nitrogens is 1. The molecule has 0 saturated carbocycles. The van der Waals surface area contributed by atoms with Crippen LogP contribution in [0.25, 0.3) is 11.3 Å². The summed E-state index contributed by atoms with van der Waals surface area (Å²) < 4.78 is 52.4. The van der Waals surface area contributed by atoms with Crippen molar-refractivity contribution in [1.82, 2.24) is 4.57 Å². The highest BCUT2D eigenvalue weighted by Crippen LogP contribution is 2.34. The van der Waals surface area contributed by atoms with Gasteiger partial charge in [0.25, 0.3) is 5.56 Å². The van der Waals surface area contributed by atoms with E-state index in [4.69, 9.17) is 4.74 Å². The smallest absolute Gasteiger partial charge is 0.417 e. The summed E-state index contributed by atoms with van der Waals surface area (Å²) in [6, 6.07) is 17.3. The second kappa shape index (κ2) is 10.7. The number of benzene rings is 2. The van der Waals surface area contributed by atoms with Crippen LogP contribution in [0.1, 0.15) is 29.5 Å². The summed E-state index contributed by atoms with van der Waals surface area (Å²) in [5.74, 6) is -0.0152. The summed E-state index contributed by atoms with van der Waals surface area (Å²) in [6.07, 6.45) is -4.32. The van der Waals surface area contributed by atoms with Crippen molar-refractivity contribution in [2.24, 2.45) is 0 Å². The van der Waals surface area contributed by atoms with Crippen molar-refractivity contribution < 1.29 is 27.4 Å².